The van der Waals surface area contributed by atoms with Crippen LogP contribution in [-0.4, -0.2) is 19.6 Å². The minimum Gasteiger partial charge on any atom is -0.307 e. The van der Waals surface area contributed by atoms with Crippen molar-refractivity contribution in [3.63, 3.8) is 0 Å². The molecule has 2 rings (SSSR count). The topological polar surface area (TPSA) is 47.7 Å². The maximum absolute atomic E-state index is 4.44. The Hall–Kier alpha value is -1.33. The van der Waals surface area contributed by atoms with Gasteiger partial charge in [-0.1, -0.05) is 0 Å². The first-order chi connectivity index (χ1) is 9.50. The van der Waals surface area contributed by atoms with E-state index < -0.39 is 0 Å². The largest absolute Gasteiger partial charge is 0.307 e. The van der Waals surface area contributed by atoms with Crippen molar-refractivity contribution >= 4 is 12.4 Å². The number of nitrogens with one attached hydrogen (secondary N) is 1. The van der Waals surface area contributed by atoms with E-state index in [1.54, 1.807) is 0 Å². The zero-order valence-corrected chi connectivity index (χ0v) is 14.3. The lowest BCUT2D eigenvalue weighted by molar-refractivity contribution is 0.494. The van der Waals surface area contributed by atoms with E-state index in [2.05, 4.69) is 65.6 Å². The van der Waals surface area contributed by atoms with Crippen LogP contribution >= 0.6 is 12.4 Å². The Labute approximate surface area is 133 Å². The van der Waals surface area contributed by atoms with Crippen LogP contribution in [0, 0.1) is 6.92 Å². The molecule has 0 saturated carbocycles. The molecule has 0 atom stereocenters. The molecule has 0 aromatic carbocycles. The fourth-order valence-corrected chi connectivity index (χ4v) is 2.43. The summed E-state index contributed by atoms with van der Waals surface area (Å²) in [4.78, 5) is 0. The van der Waals surface area contributed by atoms with E-state index in [1.165, 1.54) is 17.0 Å². The third-order valence-electron chi connectivity index (χ3n) is 3.50. The maximum Gasteiger partial charge on any atom is 0.0537 e. The van der Waals surface area contributed by atoms with Gasteiger partial charge in [0.2, 0.25) is 0 Å². The van der Waals surface area contributed by atoms with Crippen LogP contribution in [-0.2, 0) is 13.1 Å². The van der Waals surface area contributed by atoms with Crippen LogP contribution in [0.15, 0.2) is 18.5 Å². The summed E-state index contributed by atoms with van der Waals surface area (Å²) in [7, 11) is 0. The Morgan fingerprint density at radius 3 is 2.29 bits per heavy atom. The first kappa shape index (κ1) is 17.7. The highest BCUT2D eigenvalue weighted by molar-refractivity contribution is 5.85. The summed E-state index contributed by atoms with van der Waals surface area (Å²) < 4.78 is 4.12. The Kier molecular flexibility index (Phi) is 6.42. The molecule has 0 fully saturated rings. The fourth-order valence-electron chi connectivity index (χ4n) is 2.43. The highest BCUT2D eigenvalue weighted by Crippen LogP contribution is 2.13. The second-order valence-electron chi connectivity index (χ2n) is 5.76. The lowest BCUT2D eigenvalue weighted by atomic mass is 10.2. The van der Waals surface area contributed by atoms with Crippen LogP contribution in [0.4, 0.5) is 0 Å². The summed E-state index contributed by atoms with van der Waals surface area (Å²) >= 11 is 0. The highest BCUT2D eigenvalue weighted by Gasteiger charge is 2.09. The van der Waals surface area contributed by atoms with Gasteiger partial charge in [-0.25, -0.2) is 0 Å². The van der Waals surface area contributed by atoms with Crippen molar-refractivity contribution in [1.82, 2.24) is 24.9 Å². The maximum atomic E-state index is 4.44. The first-order valence-electron chi connectivity index (χ1n) is 7.26. The quantitative estimate of drug-likeness (QED) is 0.890. The van der Waals surface area contributed by atoms with Gasteiger partial charge in [-0.3, -0.25) is 9.36 Å². The molecule has 2 aromatic rings. The second kappa shape index (κ2) is 7.61. The lowest BCUT2D eigenvalue weighted by Gasteiger charge is -2.12. The van der Waals surface area contributed by atoms with Crippen molar-refractivity contribution in [3.8, 4) is 0 Å². The van der Waals surface area contributed by atoms with E-state index in [-0.39, 0.29) is 12.4 Å². The molecular weight excluding hydrogens is 286 g/mol. The average Bonchev–Trinajstić information content (AvgIpc) is 2.97. The summed E-state index contributed by atoms with van der Waals surface area (Å²) in [6, 6.07) is 2.87. The van der Waals surface area contributed by atoms with E-state index >= 15 is 0 Å². The van der Waals surface area contributed by atoms with E-state index in [0.717, 1.165) is 13.1 Å². The monoisotopic (exact) mass is 311 g/mol. The molecule has 0 aliphatic carbocycles. The highest BCUT2D eigenvalue weighted by atomic mass is 35.5. The van der Waals surface area contributed by atoms with E-state index in [1.807, 2.05) is 12.4 Å². The van der Waals surface area contributed by atoms with Gasteiger partial charge < -0.3 is 5.32 Å². The van der Waals surface area contributed by atoms with Gasteiger partial charge in [0.15, 0.2) is 0 Å². The van der Waals surface area contributed by atoms with Gasteiger partial charge >= 0.3 is 0 Å². The van der Waals surface area contributed by atoms with Crippen LogP contribution in [0.2, 0.25) is 0 Å². The molecule has 1 N–H and O–H groups in total. The molecule has 0 bridgehead atoms. The minimum atomic E-state index is 0. The number of nitrogens with zero attached hydrogens (tertiary/aromatic N) is 4. The molecule has 0 aliphatic rings. The molecule has 0 amide bonds. The summed E-state index contributed by atoms with van der Waals surface area (Å²) in [5.74, 6) is 0. The summed E-state index contributed by atoms with van der Waals surface area (Å²) in [6.07, 6.45) is 3.82. The van der Waals surface area contributed by atoms with Crippen LogP contribution in [0.25, 0.3) is 0 Å². The van der Waals surface area contributed by atoms with Crippen LogP contribution in [0.3, 0.4) is 0 Å². The van der Waals surface area contributed by atoms with Crippen molar-refractivity contribution in [2.45, 2.75) is 59.8 Å². The van der Waals surface area contributed by atoms with Crippen molar-refractivity contribution in [2.24, 2.45) is 0 Å². The number of aromatic nitrogens is 4. The molecule has 6 heteroatoms. The SMILES string of the molecule is Cc1c(CNCc2ccnn2C(C)C)cnn1C(C)C.Cl. The molecule has 2 heterocycles. The number of hydrogen-bond donors (Lipinski definition) is 1. The molecule has 0 spiro atoms. The summed E-state index contributed by atoms with van der Waals surface area (Å²) in [5, 5.41) is 12.3. The fraction of sp³-hybridized carbons (Fsp3) is 0.600. The van der Waals surface area contributed by atoms with Gasteiger partial charge in [-0.15, -0.1) is 12.4 Å². The molecule has 21 heavy (non-hydrogen) atoms. The summed E-state index contributed by atoms with van der Waals surface area (Å²) in [6.45, 7) is 12.4. The third kappa shape index (κ3) is 4.08. The van der Waals surface area contributed by atoms with Gasteiger partial charge in [-0.05, 0) is 40.7 Å². The zero-order chi connectivity index (χ0) is 14.7. The first-order valence-corrected chi connectivity index (χ1v) is 7.26. The minimum absolute atomic E-state index is 0. The van der Waals surface area contributed by atoms with Crippen LogP contribution in [0.5, 0.6) is 0 Å². The van der Waals surface area contributed by atoms with Gasteiger partial charge in [0.05, 0.1) is 11.9 Å². The normalized spacial score (nSPS) is 11.2. The standard InChI is InChI=1S/C15H25N5.ClH/c1-11(2)19-13(5)14(9-18-19)8-16-10-15-6-7-17-20(15)12(3)4;/h6-7,9,11-12,16H,8,10H2,1-5H3;1H. The van der Waals surface area contributed by atoms with E-state index in [0.29, 0.717) is 12.1 Å². The van der Waals surface area contributed by atoms with Crippen molar-refractivity contribution in [1.29, 1.82) is 0 Å². The Balaban J connectivity index is 0.00000220. The van der Waals surface area contributed by atoms with Crippen molar-refractivity contribution in [3.05, 3.63) is 35.4 Å². The molecule has 118 valence electrons. The zero-order valence-electron chi connectivity index (χ0n) is 13.5. The van der Waals surface area contributed by atoms with E-state index in [4.69, 9.17) is 0 Å². The molecule has 0 saturated heterocycles. The molecular formula is C15H26ClN5. The summed E-state index contributed by atoms with van der Waals surface area (Å²) in [5.41, 5.74) is 3.72. The van der Waals surface area contributed by atoms with Gasteiger partial charge in [0.1, 0.15) is 0 Å². The molecule has 5 nitrogen and oxygen atoms in total. The van der Waals surface area contributed by atoms with Crippen LogP contribution in [0.1, 0.15) is 56.7 Å². The third-order valence-corrected chi connectivity index (χ3v) is 3.50. The Morgan fingerprint density at radius 2 is 1.71 bits per heavy atom. The van der Waals surface area contributed by atoms with Gasteiger partial charge in [-0.2, -0.15) is 10.2 Å². The average molecular weight is 312 g/mol. The number of hydrogen-bond acceptors (Lipinski definition) is 3. The molecule has 2 aromatic heterocycles. The molecule has 0 aliphatic heterocycles. The van der Waals surface area contributed by atoms with Crippen LogP contribution < -0.4 is 5.32 Å². The molecule has 0 radical (unpaired) electrons. The Bertz CT molecular complexity index is 556. The van der Waals surface area contributed by atoms with Gasteiger partial charge in [0.25, 0.3) is 0 Å². The number of rotatable bonds is 6. The second-order valence-corrected chi connectivity index (χ2v) is 5.76. The van der Waals surface area contributed by atoms with Gasteiger partial charge in [0, 0.05) is 42.6 Å². The van der Waals surface area contributed by atoms with E-state index in [9.17, 15) is 0 Å². The van der Waals surface area contributed by atoms with Crippen molar-refractivity contribution < 1.29 is 0 Å². The predicted octanol–water partition coefficient (Wildman–Crippen LogP) is 3.26. The predicted molar refractivity (Wildman–Crippen MR) is 87.8 cm³/mol. The Morgan fingerprint density at radius 1 is 1.05 bits per heavy atom. The molecule has 0 unspecified atom stereocenters. The lowest BCUT2D eigenvalue weighted by Crippen LogP contribution is -2.18. The van der Waals surface area contributed by atoms with Crippen molar-refractivity contribution in [2.75, 3.05) is 0 Å². The smallest absolute Gasteiger partial charge is 0.0537 e. The number of halogens is 1.